The van der Waals surface area contributed by atoms with Crippen LogP contribution in [0.1, 0.15) is 19.4 Å². The summed E-state index contributed by atoms with van der Waals surface area (Å²) in [4.78, 5) is 25.2. The van der Waals surface area contributed by atoms with E-state index < -0.39 is 5.54 Å². The van der Waals surface area contributed by atoms with Crippen molar-refractivity contribution in [3.63, 3.8) is 0 Å². The summed E-state index contributed by atoms with van der Waals surface area (Å²) in [7, 11) is 0. The van der Waals surface area contributed by atoms with E-state index in [4.69, 9.17) is 0 Å². The van der Waals surface area contributed by atoms with E-state index in [-0.39, 0.29) is 25.0 Å². The van der Waals surface area contributed by atoms with Gasteiger partial charge in [-0.3, -0.25) is 14.9 Å². The third-order valence-corrected chi connectivity index (χ3v) is 3.78. The number of piperazine rings is 1. The minimum atomic E-state index is -0.842. The molecule has 0 saturated carbocycles. The van der Waals surface area contributed by atoms with Crippen LogP contribution in [0.4, 0.5) is 5.69 Å². The Morgan fingerprint density at radius 2 is 2.11 bits per heavy atom. The Hall–Kier alpha value is -1.40. The fraction of sp³-hybridized carbons (Fsp3) is 0.385. The lowest BCUT2D eigenvalue weighted by molar-refractivity contribution is -0.135. The summed E-state index contributed by atoms with van der Waals surface area (Å²) in [6.45, 7) is 3.43. The van der Waals surface area contributed by atoms with Gasteiger partial charge in [-0.1, -0.05) is 15.9 Å². The molecule has 0 spiro atoms. The maximum absolute atomic E-state index is 11.9. The minimum Gasteiger partial charge on any atom is -0.392 e. The molecular formula is C13H15BrN2O3. The summed E-state index contributed by atoms with van der Waals surface area (Å²) in [5, 5.41) is 11.8. The fourth-order valence-corrected chi connectivity index (χ4v) is 2.52. The van der Waals surface area contributed by atoms with Gasteiger partial charge in [0, 0.05) is 15.7 Å². The Morgan fingerprint density at radius 3 is 2.74 bits per heavy atom. The molecule has 2 N–H and O–H groups in total. The number of carbonyl (C=O) groups excluding carboxylic acids is 2. The van der Waals surface area contributed by atoms with Crippen LogP contribution >= 0.6 is 15.9 Å². The van der Waals surface area contributed by atoms with Crippen molar-refractivity contribution in [2.45, 2.75) is 26.0 Å². The van der Waals surface area contributed by atoms with E-state index in [1.54, 1.807) is 30.9 Å². The summed E-state index contributed by atoms with van der Waals surface area (Å²) in [6, 6.07) is 5.40. The summed E-state index contributed by atoms with van der Waals surface area (Å²) < 4.78 is 0.839. The van der Waals surface area contributed by atoms with Crippen LogP contribution < -0.4 is 10.2 Å². The number of halogens is 1. The van der Waals surface area contributed by atoms with Crippen molar-refractivity contribution >= 4 is 33.4 Å². The molecule has 1 heterocycles. The highest BCUT2D eigenvalue weighted by Crippen LogP contribution is 2.31. The molecule has 1 aliphatic heterocycles. The zero-order valence-electron chi connectivity index (χ0n) is 10.7. The van der Waals surface area contributed by atoms with Crippen LogP contribution in [0.5, 0.6) is 0 Å². The topological polar surface area (TPSA) is 69.6 Å². The predicted molar refractivity (Wildman–Crippen MR) is 74.6 cm³/mol. The number of aliphatic hydroxyl groups excluding tert-OH is 1. The van der Waals surface area contributed by atoms with E-state index in [9.17, 15) is 14.7 Å². The van der Waals surface area contributed by atoms with Gasteiger partial charge in [0.1, 0.15) is 5.54 Å². The molecule has 1 fully saturated rings. The van der Waals surface area contributed by atoms with E-state index >= 15 is 0 Å². The van der Waals surface area contributed by atoms with Crippen molar-refractivity contribution in [2.75, 3.05) is 11.4 Å². The number of amides is 2. The lowest BCUT2D eigenvalue weighted by atomic mass is 9.96. The van der Waals surface area contributed by atoms with Gasteiger partial charge in [0.25, 0.3) is 5.91 Å². The van der Waals surface area contributed by atoms with E-state index in [1.165, 1.54) is 0 Å². The van der Waals surface area contributed by atoms with Crippen molar-refractivity contribution in [3.8, 4) is 0 Å². The van der Waals surface area contributed by atoms with Gasteiger partial charge in [-0.25, -0.2) is 0 Å². The number of nitrogens with one attached hydrogen (secondary N) is 1. The molecule has 2 amide bonds. The normalized spacial score (nSPS) is 18.4. The van der Waals surface area contributed by atoms with Crippen LogP contribution in [-0.4, -0.2) is 29.0 Å². The average molecular weight is 327 g/mol. The summed E-state index contributed by atoms with van der Waals surface area (Å²) >= 11 is 3.34. The van der Waals surface area contributed by atoms with Crippen molar-refractivity contribution in [1.82, 2.24) is 5.32 Å². The predicted octanol–water partition coefficient (Wildman–Crippen LogP) is 1.18. The number of imide groups is 1. The van der Waals surface area contributed by atoms with Gasteiger partial charge in [0.15, 0.2) is 0 Å². The Kier molecular flexibility index (Phi) is 3.64. The number of carbonyl (C=O) groups is 2. The number of hydrogen-bond donors (Lipinski definition) is 2. The molecule has 0 unspecified atom stereocenters. The van der Waals surface area contributed by atoms with Crippen LogP contribution in [0.25, 0.3) is 0 Å². The van der Waals surface area contributed by atoms with Crippen molar-refractivity contribution < 1.29 is 14.7 Å². The first-order valence-electron chi connectivity index (χ1n) is 5.87. The number of hydrogen-bond acceptors (Lipinski definition) is 4. The fourth-order valence-electron chi connectivity index (χ4n) is 2.11. The molecule has 0 radical (unpaired) electrons. The monoisotopic (exact) mass is 326 g/mol. The smallest absolute Gasteiger partial charge is 0.251 e. The molecule has 1 aromatic rings. The molecule has 1 saturated heterocycles. The first-order chi connectivity index (χ1) is 8.86. The number of nitrogens with zero attached hydrogens (tertiary/aromatic N) is 1. The second-order valence-corrected chi connectivity index (χ2v) is 5.87. The number of rotatable bonds is 2. The van der Waals surface area contributed by atoms with E-state index in [0.29, 0.717) is 11.3 Å². The summed E-state index contributed by atoms with van der Waals surface area (Å²) in [5.41, 5.74) is 0.523. The zero-order valence-corrected chi connectivity index (χ0v) is 12.3. The molecule has 6 heteroatoms. The lowest BCUT2D eigenvalue weighted by Crippen LogP contribution is -2.64. The van der Waals surface area contributed by atoms with Crippen LogP contribution in [0.15, 0.2) is 22.7 Å². The Bertz CT molecular complexity index is 543. The Labute approximate surface area is 119 Å². The van der Waals surface area contributed by atoms with Crippen molar-refractivity contribution in [2.24, 2.45) is 0 Å². The second kappa shape index (κ2) is 4.94. The summed E-state index contributed by atoms with van der Waals surface area (Å²) in [5.74, 6) is -0.674. The highest BCUT2D eigenvalue weighted by Gasteiger charge is 2.41. The first-order valence-corrected chi connectivity index (χ1v) is 6.67. The largest absolute Gasteiger partial charge is 0.392 e. The molecule has 5 nitrogen and oxygen atoms in total. The van der Waals surface area contributed by atoms with Gasteiger partial charge in [-0.05, 0) is 32.0 Å². The molecule has 102 valence electrons. The van der Waals surface area contributed by atoms with Crippen LogP contribution in [-0.2, 0) is 16.2 Å². The second-order valence-electron chi connectivity index (χ2n) is 4.95. The van der Waals surface area contributed by atoms with Crippen LogP contribution in [0.2, 0.25) is 0 Å². The number of aliphatic hydroxyl groups is 1. The molecule has 0 aliphatic carbocycles. The number of benzene rings is 1. The average Bonchev–Trinajstić information content (AvgIpc) is 2.34. The molecule has 0 atom stereocenters. The van der Waals surface area contributed by atoms with Gasteiger partial charge in [-0.15, -0.1) is 0 Å². The van der Waals surface area contributed by atoms with Gasteiger partial charge in [-0.2, -0.15) is 0 Å². The zero-order chi connectivity index (χ0) is 14.2. The quantitative estimate of drug-likeness (QED) is 0.801. The SMILES string of the molecule is CC1(C)C(=O)NC(=O)CN1c1ccc(Br)cc1CO. The highest BCUT2D eigenvalue weighted by atomic mass is 79.9. The third-order valence-electron chi connectivity index (χ3n) is 3.29. The molecule has 1 aliphatic rings. The minimum absolute atomic E-state index is 0.0906. The van der Waals surface area contributed by atoms with E-state index in [2.05, 4.69) is 21.2 Å². The van der Waals surface area contributed by atoms with Gasteiger partial charge in [0.05, 0.1) is 13.2 Å². The van der Waals surface area contributed by atoms with Gasteiger partial charge in [0.2, 0.25) is 5.91 Å². The molecule has 2 rings (SSSR count). The molecular weight excluding hydrogens is 312 g/mol. The standard InChI is InChI=1S/C13H15BrN2O3/c1-13(2)12(19)15-11(18)6-16(13)10-4-3-9(14)5-8(10)7-17/h3-5,17H,6-7H2,1-2H3,(H,15,18,19). The van der Waals surface area contributed by atoms with Crippen LogP contribution in [0, 0.1) is 0 Å². The highest BCUT2D eigenvalue weighted by molar-refractivity contribution is 9.10. The van der Waals surface area contributed by atoms with Crippen LogP contribution in [0.3, 0.4) is 0 Å². The van der Waals surface area contributed by atoms with Crippen molar-refractivity contribution in [1.29, 1.82) is 0 Å². The van der Waals surface area contributed by atoms with E-state index in [0.717, 1.165) is 4.47 Å². The maximum Gasteiger partial charge on any atom is 0.251 e. The maximum atomic E-state index is 11.9. The lowest BCUT2D eigenvalue weighted by Gasteiger charge is -2.42. The third kappa shape index (κ3) is 2.50. The molecule has 1 aromatic carbocycles. The Morgan fingerprint density at radius 1 is 1.42 bits per heavy atom. The van der Waals surface area contributed by atoms with Gasteiger partial charge >= 0.3 is 0 Å². The van der Waals surface area contributed by atoms with Crippen molar-refractivity contribution in [3.05, 3.63) is 28.2 Å². The summed E-state index contributed by atoms with van der Waals surface area (Å²) in [6.07, 6.45) is 0. The Balaban J connectivity index is 2.49. The molecule has 19 heavy (non-hydrogen) atoms. The number of anilines is 1. The van der Waals surface area contributed by atoms with E-state index in [1.807, 2.05) is 6.07 Å². The van der Waals surface area contributed by atoms with Gasteiger partial charge < -0.3 is 10.0 Å². The first kappa shape index (κ1) is 14.0. The molecule has 0 aromatic heterocycles. The molecule has 0 bridgehead atoms.